The van der Waals surface area contributed by atoms with E-state index in [-0.39, 0.29) is 0 Å². The first kappa shape index (κ1) is 25.9. The van der Waals surface area contributed by atoms with E-state index in [9.17, 15) is 0 Å². The Labute approximate surface area is 111 Å². The van der Waals surface area contributed by atoms with Crippen LogP contribution in [0.4, 0.5) is 0 Å². The van der Waals surface area contributed by atoms with E-state index in [4.69, 9.17) is 13.3 Å². The van der Waals surface area contributed by atoms with Crippen molar-refractivity contribution in [3.63, 3.8) is 0 Å². The summed E-state index contributed by atoms with van der Waals surface area (Å²) in [5.74, 6) is 0. The third-order valence-corrected chi connectivity index (χ3v) is 6.43. The summed E-state index contributed by atoms with van der Waals surface area (Å²) < 4.78 is 16.2. The van der Waals surface area contributed by atoms with Crippen LogP contribution in [-0.2, 0) is 13.3 Å². The zero-order chi connectivity index (χ0) is 14.5. The average Bonchev–Trinajstić information content (AvgIpc) is 2.43. The summed E-state index contributed by atoms with van der Waals surface area (Å²) in [5, 5.41) is 0. The molecule has 0 bridgehead atoms. The van der Waals surface area contributed by atoms with Crippen molar-refractivity contribution in [2.24, 2.45) is 17.2 Å². The van der Waals surface area contributed by atoms with Gasteiger partial charge in [0.05, 0.1) is 0 Å². The van der Waals surface area contributed by atoms with Crippen molar-refractivity contribution in [1.82, 2.24) is 0 Å². The minimum Gasteiger partial charge on any atom is -0.422 e. The first-order valence-electron chi connectivity index (χ1n) is 5.89. The van der Waals surface area contributed by atoms with Crippen LogP contribution >= 0.6 is 0 Å². The first-order valence-corrected chi connectivity index (χ1v) is 10.7. The van der Waals surface area contributed by atoms with Gasteiger partial charge in [-0.05, 0) is 41.9 Å². The van der Waals surface area contributed by atoms with Gasteiger partial charge in [0, 0.05) is 19.8 Å². The highest BCUT2D eigenvalue weighted by atomic mass is 29.2. The second-order valence-corrected chi connectivity index (χ2v) is 7.27. The second kappa shape index (κ2) is 36.0. The van der Waals surface area contributed by atoms with Crippen LogP contribution in [0, 0.1) is 0 Å². The van der Waals surface area contributed by atoms with E-state index in [1.807, 2.05) is 20.8 Å². The molecule has 6 nitrogen and oxygen atoms in total. The molecule has 0 atom stereocenters. The van der Waals surface area contributed by atoms with E-state index in [1.54, 1.807) is 0 Å². The molecule has 0 rings (SSSR count). The summed E-state index contributed by atoms with van der Waals surface area (Å²) in [6, 6.07) is 0. The first-order chi connectivity index (χ1) is 8.35. The molecule has 0 aromatic carbocycles. The van der Waals surface area contributed by atoms with Crippen LogP contribution in [0.1, 0.15) is 20.8 Å². The molecular formula is C9H33N3O3Si2. The lowest BCUT2D eigenvalue weighted by atomic mass is 10.9. The van der Waals surface area contributed by atoms with Gasteiger partial charge in [0.2, 0.25) is 9.28 Å². The smallest absolute Gasteiger partial charge is 0.325 e. The molecule has 6 N–H and O–H groups in total. The molecule has 17 heavy (non-hydrogen) atoms. The van der Waals surface area contributed by atoms with E-state index >= 15 is 0 Å². The fourth-order valence-corrected chi connectivity index (χ4v) is 5.47. The van der Waals surface area contributed by atoms with Crippen LogP contribution in [-0.4, -0.2) is 59.0 Å². The summed E-state index contributed by atoms with van der Waals surface area (Å²) in [7, 11) is 2.66. The Balaban J connectivity index is -0.000000121. The van der Waals surface area contributed by atoms with E-state index < -0.39 is 18.1 Å². The zero-order valence-electron chi connectivity index (χ0n) is 12.4. The Morgan fingerprint density at radius 1 is 0.765 bits per heavy atom. The molecule has 0 aromatic rings. The van der Waals surface area contributed by atoms with Gasteiger partial charge in [0.15, 0.2) is 0 Å². The monoisotopic (exact) mass is 287 g/mol. The fourth-order valence-electron chi connectivity index (χ4n) is 0.730. The fraction of sp³-hybridized carbons (Fsp3) is 1.00. The van der Waals surface area contributed by atoms with Crippen LogP contribution in [0.25, 0.3) is 0 Å². The molecule has 0 aliphatic carbocycles. The molecule has 0 unspecified atom stereocenters. The molecule has 0 amide bonds. The molecular weight excluding hydrogens is 254 g/mol. The van der Waals surface area contributed by atoms with E-state index in [1.165, 1.54) is 21.1 Å². The summed E-state index contributed by atoms with van der Waals surface area (Å²) >= 11 is 0. The molecule has 0 radical (unpaired) electrons. The third kappa shape index (κ3) is 31.4. The van der Waals surface area contributed by atoms with Crippen molar-refractivity contribution in [1.29, 1.82) is 0 Å². The minimum atomic E-state index is -1.33. The minimum absolute atomic E-state index is 0.502. The van der Waals surface area contributed by atoms with E-state index in [2.05, 4.69) is 17.2 Å². The zero-order valence-corrected chi connectivity index (χ0v) is 14.9. The highest BCUT2D eigenvalue weighted by Crippen LogP contribution is 1.88. The normalized spacial score (nSPS) is 8.82. The molecule has 0 aliphatic rings. The van der Waals surface area contributed by atoms with Gasteiger partial charge >= 0.3 is 8.80 Å². The van der Waals surface area contributed by atoms with Crippen molar-refractivity contribution in [3.05, 3.63) is 0 Å². The summed E-state index contributed by atoms with van der Waals surface area (Å²) in [4.78, 5) is 0. The number of rotatable bonds is 7. The van der Waals surface area contributed by atoms with Crippen molar-refractivity contribution < 1.29 is 13.3 Å². The van der Waals surface area contributed by atoms with Gasteiger partial charge in [0.25, 0.3) is 0 Å². The Morgan fingerprint density at radius 2 is 1.12 bits per heavy atom. The van der Waals surface area contributed by atoms with Crippen LogP contribution in [0.15, 0.2) is 0 Å². The number of hydrogen-bond acceptors (Lipinski definition) is 6. The van der Waals surface area contributed by atoms with Crippen molar-refractivity contribution in [3.8, 4) is 0 Å². The lowest BCUT2D eigenvalue weighted by Crippen LogP contribution is -2.32. The maximum atomic E-state index is 5.44. The molecule has 0 heterocycles. The predicted molar refractivity (Wildman–Crippen MR) is 80.9 cm³/mol. The molecule has 0 fully saturated rings. The van der Waals surface area contributed by atoms with Gasteiger partial charge in [-0.15, -0.1) is 0 Å². The third-order valence-electron chi connectivity index (χ3n) is 1.16. The van der Waals surface area contributed by atoms with Crippen molar-refractivity contribution in [2.45, 2.75) is 20.8 Å². The Bertz CT molecular complexity index is 89.9. The quantitative estimate of drug-likeness (QED) is 0.499. The van der Waals surface area contributed by atoms with Crippen LogP contribution in [0.2, 0.25) is 0 Å². The van der Waals surface area contributed by atoms with Crippen molar-refractivity contribution >= 4 is 18.1 Å². The maximum Gasteiger partial charge on any atom is 0.325 e. The van der Waals surface area contributed by atoms with Gasteiger partial charge in [-0.25, -0.2) is 0 Å². The standard InChI is InChI=1S/C6H18O3Si2.3CH5N/c1-4-7-10-11(8-5-2)9-6-3;3*1-2/h11H,4-6,10H2,1-3H3;3*2H2,1H3. The topological polar surface area (TPSA) is 106 Å². The summed E-state index contributed by atoms with van der Waals surface area (Å²) in [6.07, 6.45) is 0. The highest BCUT2D eigenvalue weighted by molar-refractivity contribution is 7.02. The molecule has 0 aliphatic heterocycles. The van der Waals surface area contributed by atoms with Gasteiger partial charge in [-0.3, -0.25) is 0 Å². The number of nitrogens with two attached hydrogens (primary N) is 3. The summed E-state index contributed by atoms with van der Waals surface area (Å²) in [5.41, 5.74) is 13.5. The van der Waals surface area contributed by atoms with Gasteiger partial charge in [0.1, 0.15) is 0 Å². The van der Waals surface area contributed by atoms with Gasteiger partial charge in [-0.2, -0.15) is 0 Å². The largest absolute Gasteiger partial charge is 0.422 e. The Kier molecular flexibility index (Phi) is 54.8. The Hall–Kier alpha value is 0.194. The molecule has 0 saturated heterocycles. The average molecular weight is 288 g/mol. The van der Waals surface area contributed by atoms with E-state index in [0.29, 0.717) is 0 Å². The molecule has 110 valence electrons. The van der Waals surface area contributed by atoms with Crippen LogP contribution in [0.3, 0.4) is 0 Å². The lowest BCUT2D eigenvalue weighted by Gasteiger charge is -2.13. The van der Waals surface area contributed by atoms with Gasteiger partial charge in [-0.1, -0.05) is 0 Å². The highest BCUT2D eigenvalue weighted by Gasteiger charge is 2.12. The second-order valence-electron chi connectivity index (χ2n) is 2.00. The van der Waals surface area contributed by atoms with E-state index in [0.717, 1.165) is 19.8 Å². The maximum absolute atomic E-state index is 5.44. The molecule has 0 spiro atoms. The number of hydrogen-bond donors (Lipinski definition) is 3. The molecule has 8 heteroatoms. The lowest BCUT2D eigenvalue weighted by molar-refractivity contribution is 0.223. The molecule has 0 saturated carbocycles. The van der Waals surface area contributed by atoms with Crippen LogP contribution < -0.4 is 17.2 Å². The SMILES string of the molecule is CCO[SiH2][SiH](OCC)OCC.CN.CN.CN. The summed E-state index contributed by atoms with van der Waals surface area (Å²) in [6.45, 7) is 8.33. The molecule has 0 aromatic heterocycles. The van der Waals surface area contributed by atoms with Crippen LogP contribution in [0.5, 0.6) is 0 Å². The Morgan fingerprint density at radius 3 is 1.35 bits per heavy atom. The predicted octanol–water partition coefficient (Wildman–Crippen LogP) is -1.38. The van der Waals surface area contributed by atoms with Gasteiger partial charge < -0.3 is 30.5 Å². The van der Waals surface area contributed by atoms with Crippen molar-refractivity contribution in [2.75, 3.05) is 41.0 Å².